The number of hydrogen-bond donors (Lipinski definition) is 1. The molecule has 1 aliphatic heterocycles. The van der Waals surface area contributed by atoms with E-state index in [9.17, 15) is 0 Å². The van der Waals surface area contributed by atoms with Gasteiger partial charge in [0, 0.05) is 24.2 Å². The van der Waals surface area contributed by atoms with E-state index in [4.69, 9.17) is 11.6 Å². The van der Waals surface area contributed by atoms with E-state index in [1.165, 1.54) is 30.5 Å². The highest BCUT2D eigenvalue weighted by Gasteiger charge is 2.24. The van der Waals surface area contributed by atoms with E-state index < -0.39 is 0 Å². The lowest BCUT2D eigenvalue weighted by molar-refractivity contribution is 0.242. The lowest BCUT2D eigenvalue weighted by atomic mass is 10.1. The molecule has 0 amide bonds. The maximum atomic E-state index is 6.29. The molecule has 0 aliphatic carbocycles. The van der Waals surface area contributed by atoms with Gasteiger partial charge in [-0.05, 0) is 50.6 Å². The van der Waals surface area contributed by atoms with Crippen LogP contribution in [0.2, 0.25) is 5.02 Å². The van der Waals surface area contributed by atoms with Gasteiger partial charge in [0.1, 0.15) is 0 Å². The lowest BCUT2D eigenvalue weighted by Gasteiger charge is -2.24. The van der Waals surface area contributed by atoms with Crippen LogP contribution in [0.15, 0.2) is 18.2 Å². The molecule has 1 fully saturated rings. The number of rotatable bonds is 4. The van der Waals surface area contributed by atoms with E-state index in [-0.39, 0.29) is 0 Å². The van der Waals surface area contributed by atoms with Gasteiger partial charge in [0.25, 0.3) is 0 Å². The third-order valence-corrected chi connectivity index (χ3v) is 3.87. The molecule has 1 saturated heterocycles. The second-order valence-corrected chi connectivity index (χ2v) is 5.33. The van der Waals surface area contributed by atoms with Gasteiger partial charge in [-0.25, -0.2) is 0 Å². The molecule has 2 rings (SSSR count). The fourth-order valence-electron chi connectivity index (χ4n) is 2.57. The molecule has 2 nitrogen and oxygen atoms in total. The van der Waals surface area contributed by atoms with Crippen molar-refractivity contribution in [2.75, 3.05) is 20.1 Å². The van der Waals surface area contributed by atoms with E-state index in [2.05, 4.69) is 35.3 Å². The number of nitrogens with zero attached hydrogens (tertiary/aromatic N) is 1. The molecular formula is C14H21ClN2. The van der Waals surface area contributed by atoms with Crippen LogP contribution in [0.5, 0.6) is 0 Å². The average Bonchev–Trinajstić information content (AvgIpc) is 2.71. The topological polar surface area (TPSA) is 15.3 Å². The van der Waals surface area contributed by atoms with Gasteiger partial charge in [-0.1, -0.05) is 23.7 Å². The Hall–Kier alpha value is -0.570. The predicted molar refractivity (Wildman–Crippen MR) is 73.5 cm³/mol. The van der Waals surface area contributed by atoms with Crippen LogP contribution in [0.4, 0.5) is 0 Å². The van der Waals surface area contributed by atoms with E-state index in [0.717, 1.165) is 18.1 Å². The molecule has 1 N–H and O–H groups in total. The Balaban J connectivity index is 2.04. The van der Waals surface area contributed by atoms with Crippen LogP contribution in [0, 0.1) is 6.92 Å². The number of benzene rings is 1. The van der Waals surface area contributed by atoms with Crippen molar-refractivity contribution in [2.24, 2.45) is 0 Å². The van der Waals surface area contributed by atoms with E-state index >= 15 is 0 Å². The van der Waals surface area contributed by atoms with Gasteiger partial charge in [0.15, 0.2) is 0 Å². The van der Waals surface area contributed by atoms with Crippen molar-refractivity contribution in [3.05, 3.63) is 34.3 Å². The molecule has 1 unspecified atom stereocenters. The molecule has 0 saturated carbocycles. The van der Waals surface area contributed by atoms with Gasteiger partial charge in [-0.3, -0.25) is 4.90 Å². The molecule has 94 valence electrons. The Morgan fingerprint density at radius 3 is 3.00 bits per heavy atom. The summed E-state index contributed by atoms with van der Waals surface area (Å²) in [6.07, 6.45) is 2.60. The summed E-state index contributed by atoms with van der Waals surface area (Å²) in [7, 11) is 2.02. The molecule has 1 aromatic carbocycles. The molecule has 0 bridgehead atoms. The van der Waals surface area contributed by atoms with Crippen LogP contribution in [-0.2, 0) is 6.54 Å². The maximum absolute atomic E-state index is 6.29. The third-order valence-electron chi connectivity index (χ3n) is 3.52. The molecule has 0 radical (unpaired) electrons. The quantitative estimate of drug-likeness (QED) is 0.887. The number of likely N-dealkylation sites (tertiary alicyclic amines) is 1. The van der Waals surface area contributed by atoms with Crippen molar-refractivity contribution >= 4 is 11.6 Å². The zero-order valence-electron chi connectivity index (χ0n) is 10.7. The number of hydrogen-bond acceptors (Lipinski definition) is 2. The highest BCUT2D eigenvalue weighted by atomic mass is 35.5. The van der Waals surface area contributed by atoms with Crippen molar-refractivity contribution in [3.63, 3.8) is 0 Å². The summed E-state index contributed by atoms with van der Waals surface area (Å²) >= 11 is 6.29. The minimum absolute atomic E-state index is 0.664. The second-order valence-electron chi connectivity index (χ2n) is 4.92. The average molecular weight is 253 g/mol. The van der Waals surface area contributed by atoms with Gasteiger partial charge < -0.3 is 5.32 Å². The predicted octanol–water partition coefficient (Wildman–Crippen LogP) is 2.83. The summed E-state index contributed by atoms with van der Waals surface area (Å²) < 4.78 is 0. The van der Waals surface area contributed by atoms with E-state index in [1.54, 1.807) is 0 Å². The monoisotopic (exact) mass is 252 g/mol. The summed E-state index contributed by atoms with van der Waals surface area (Å²) in [6.45, 7) is 5.32. The highest BCUT2D eigenvalue weighted by Crippen LogP contribution is 2.24. The Labute approximate surface area is 109 Å². The van der Waals surface area contributed by atoms with Gasteiger partial charge in [0.05, 0.1) is 0 Å². The largest absolute Gasteiger partial charge is 0.318 e. The molecular weight excluding hydrogens is 232 g/mol. The van der Waals surface area contributed by atoms with Crippen molar-refractivity contribution in [3.8, 4) is 0 Å². The molecule has 1 aliphatic rings. The van der Waals surface area contributed by atoms with Crippen LogP contribution < -0.4 is 5.32 Å². The molecule has 3 heteroatoms. The summed E-state index contributed by atoms with van der Waals surface area (Å²) in [5.74, 6) is 0. The minimum atomic E-state index is 0.664. The molecule has 0 spiro atoms. The maximum Gasteiger partial charge on any atom is 0.0453 e. The molecule has 0 aromatic heterocycles. The number of nitrogens with one attached hydrogen (secondary N) is 1. The SMILES string of the molecule is CNCC1CCCN1Cc1ccc(C)cc1Cl. The van der Waals surface area contributed by atoms with Crippen LogP contribution in [0.1, 0.15) is 24.0 Å². The van der Waals surface area contributed by atoms with Crippen molar-refractivity contribution in [2.45, 2.75) is 32.4 Å². The number of halogens is 1. The first-order chi connectivity index (χ1) is 8.20. The van der Waals surface area contributed by atoms with Crippen molar-refractivity contribution in [1.29, 1.82) is 0 Å². The fraction of sp³-hybridized carbons (Fsp3) is 0.571. The zero-order chi connectivity index (χ0) is 12.3. The Morgan fingerprint density at radius 2 is 2.29 bits per heavy atom. The zero-order valence-corrected chi connectivity index (χ0v) is 11.4. The fourth-order valence-corrected chi connectivity index (χ4v) is 2.86. The van der Waals surface area contributed by atoms with Gasteiger partial charge in [-0.2, -0.15) is 0 Å². The van der Waals surface area contributed by atoms with Gasteiger partial charge >= 0.3 is 0 Å². The first kappa shape index (κ1) is 12.9. The smallest absolute Gasteiger partial charge is 0.0453 e. The molecule has 1 atom stereocenters. The third kappa shape index (κ3) is 3.21. The van der Waals surface area contributed by atoms with Gasteiger partial charge in [-0.15, -0.1) is 0 Å². The lowest BCUT2D eigenvalue weighted by Crippen LogP contribution is -2.36. The van der Waals surface area contributed by atoms with Crippen LogP contribution >= 0.6 is 11.6 Å². The first-order valence-corrected chi connectivity index (χ1v) is 6.72. The Bertz CT molecular complexity index is 378. The summed E-state index contributed by atoms with van der Waals surface area (Å²) in [6, 6.07) is 7.02. The van der Waals surface area contributed by atoms with Crippen LogP contribution in [-0.4, -0.2) is 31.1 Å². The highest BCUT2D eigenvalue weighted by molar-refractivity contribution is 6.31. The van der Waals surface area contributed by atoms with Crippen LogP contribution in [0.3, 0.4) is 0 Å². The summed E-state index contributed by atoms with van der Waals surface area (Å²) in [5.41, 5.74) is 2.48. The summed E-state index contributed by atoms with van der Waals surface area (Å²) in [5, 5.41) is 4.18. The molecule has 1 heterocycles. The normalized spacial score (nSPS) is 21.0. The van der Waals surface area contributed by atoms with E-state index in [0.29, 0.717) is 6.04 Å². The Kier molecular flexibility index (Phi) is 4.43. The van der Waals surface area contributed by atoms with E-state index in [1.807, 2.05) is 7.05 Å². The number of likely N-dealkylation sites (N-methyl/N-ethyl adjacent to an activating group) is 1. The minimum Gasteiger partial charge on any atom is -0.318 e. The Morgan fingerprint density at radius 1 is 1.47 bits per heavy atom. The molecule has 1 aromatic rings. The van der Waals surface area contributed by atoms with Gasteiger partial charge in [0.2, 0.25) is 0 Å². The number of aryl methyl sites for hydroxylation is 1. The molecule has 17 heavy (non-hydrogen) atoms. The van der Waals surface area contributed by atoms with Crippen molar-refractivity contribution in [1.82, 2.24) is 10.2 Å². The summed E-state index contributed by atoms with van der Waals surface area (Å²) in [4.78, 5) is 2.53. The second kappa shape index (κ2) is 5.85. The van der Waals surface area contributed by atoms with Crippen LogP contribution in [0.25, 0.3) is 0 Å². The van der Waals surface area contributed by atoms with Crippen molar-refractivity contribution < 1.29 is 0 Å². The standard InChI is InChI=1S/C14H21ClN2/c1-11-5-6-12(14(15)8-11)10-17-7-3-4-13(17)9-16-2/h5-6,8,13,16H,3-4,7,9-10H2,1-2H3. The first-order valence-electron chi connectivity index (χ1n) is 6.34.